The van der Waals surface area contributed by atoms with Gasteiger partial charge in [-0.1, -0.05) is 42.5 Å². The molecule has 3 N–H and O–H groups in total. The summed E-state index contributed by atoms with van der Waals surface area (Å²) in [5.41, 5.74) is 7.67. The summed E-state index contributed by atoms with van der Waals surface area (Å²) < 4.78 is 7.06. The molecule has 1 fully saturated rings. The van der Waals surface area contributed by atoms with E-state index < -0.39 is 0 Å². The molecule has 1 aliphatic heterocycles. The Balaban J connectivity index is 1.27. The number of anilines is 1. The number of hydrogen-bond donors (Lipinski definition) is 3. The molecule has 0 bridgehead atoms. The molecule has 2 aromatic carbocycles. The predicted octanol–water partition coefficient (Wildman–Crippen LogP) is 2.46. The quantitative estimate of drug-likeness (QED) is 0.346. The second-order valence-electron chi connectivity index (χ2n) is 8.10. The van der Waals surface area contributed by atoms with Crippen molar-refractivity contribution in [1.82, 2.24) is 30.3 Å². The van der Waals surface area contributed by atoms with Crippen LogP contribution in [0, 0.1) is 0 Å². The molecule has 10 heteroatoms. The normalized spacial score (nSPS) is 15.5. The van der Waals surface area contributed by atoms with Crippen molar-refractivity contribution in [2.24, 2.45) is 0 Å². The zero-order valence-corrected chi connectivity index (χ0v) is 18.5. The van der Waals surface area contributed by atoms with Gasteiger partial charge in [-0.05, 0) is 25.0 Å². The Hall–Kier alpha value is -4.05. The number of benzene rings is 2. The first kappa shape index (κ1) is 21.8. The molecule has 1 atom stereocenters. The zero-order valence-electron chi connectivity index (χ0n) is 18.5. The van der Waals surface area contributed by atoms with Crippen molar-refractivity contribution in [3.05, 3.63) is 54.6 Å². The highest BCUT2D eigenvalue weighted by atomic mass is 16.5. The van der Waals surface area contributed by atoms with Crippen LogP contribution in [0.5, 0.6) is 0 Å². The number of hydrogen-bond acceptors (Lipinski definition) is 7. The topological polar surface area (TPSA) is 123 Å². The molecule has 2 amide bonds. The van der Waals surface area contributed by atoms with Gasteiger partial charge in [-0.2, -0.15) is 4.52 Å². The van der Waals surface area contributed by atoms with Crippen LogP contribution in [0.25, 0.3) is 27.9 Å². The minimum Gasteiger partial charge on any atom is -0.376 e. The molecule has 5 rings (SSSR count). The number of nitrogens with zero attached hydrogens (tertiary/aromatic N) is 4. The van der Waals surface area contributed by atoms with Crippen molar-refractivity contribution < 1.29 is 14.3 Å². The molecule has 4 aromatic rings. The van der Waals surface area contributed by atoms with E-state index in [1.54, 1.807) is 4.52 Å². The van der Waals surface area contributed by atoms with Gasteiger partial charge in [0, 0.05) is 36.9 Å². The van der Waals surface area contributed by atoms with E-state index in [-0.39, 0.29) is 30.8 Å². The van der Waals surface area contributed by atoms with Gasteiger partial charge in [-0.25, -0.2) is 9.97 Å². The van der Waals surface area contributed by atoms with Crippen molar-refractivity contribution in [1.29, 1.82) is 0 Å². The van der Waals surface area contributed by atoms with E-state index in [4.69, 9.17) is 9.72 Å². The van der Waals surface area contributed by atoms with Crippen LogP contribution in [-0.4, -0.2) is 50.7 Å². The van der Waals surface area contributed by atoms with Gasteiger partial charge >= 0.3 is 0 Å². The summed E-state index contributed by atoms with van der Waals surface area (Å²) >= 11 is 0. The minimum absolute atomic E-state index is 0.0354. The maximum absolute atomic E-state index is 12.4. The van der Waals surface area contributed by atoms with E-state index in [2.05, 4.69) is 26.3 Å². The molecule has 1 saturated heterocycles. The number of hydrazine groups is 1. The molecule has 3 heterocycles. The number of rotatable bonds is 8. The van der Waals surface area contributed by atoms with E-state index in [1.807, 2.05) is 54.6 Å². The Morgan fingerprint density at radius 3 is 2.62 bits per heavy atom. The van der Waals surface area contributed by atoms with Crippen LogP contribution in [0.1, 0.15) is 25.7 Å². The first-order chi connectivity index (χ1) is 16.7. The van der Waals surface area contributed by atoms with Gasteiger partial charge in [0.25, 0.3) is 0 Å². The Bertz CT molecular complexity index is 1320. The number of carbonyl (C=O) groups excluding carboxylic acids is 2. The van der Waals surface area contributed by atoms with Crippen LogP contribution >= 0.6 is 0 Å². The summed E-state index contributed by atoms with van der Waals surface area (Å²) in [5, 5.41) is 8.26. The van der Waals surface area contributed by atoms with Crippen molar-refractivity contribution in [3.63, 3.8) is 0 Å². The lowest BCUT2D eigenvalue weighted by atomic mass is 10.2. The molecule has 2 aromatic heterocycles. The molecule has 0 saturated carbocycles. The molecule has 0 spiro atoms. The van der Waals surface area contributed by atoms with E-state index in [1.165, 1.54) is 0 Å². The highest BCUT2D eigenvalue weighted by molar-refractivity contribution is 5.93. The number of amides is 2. The average molecular weight is 460 g/mol. The summed E-state index contributed by atoms with van der Waals surface area (Å²) in [6.45, 7) is 1.22. The molecule has 10 nitrogen and oxygen atoms in total. The monoisotopic (exact) mass is 459 g/mol. The number of ether oxygens (including phenoxy) is 1. The zero-order chi connectivity index (χ0) is 23.3. The van der Waals surface area contributed by atoms with Gasteiger partial charge in [-0.15, -0.1) is 5.10 Å². The van der Waals surface area contributed by atoms with Gasteiger partial charge in [0.1, 0.15) is 0 Å². The van der Waals surface area contributed by atoms with Gasteiger partial charge in [0.2, 0.25) is 17.8 Å². The number of nitrogens with one attached hydrogen (secondary N) is 3. The summed E-state index contributed by atoms with van der Waals surface area (Å²) in [5.74, 6) is 0.357. The van der Waals surface area contributed by atoms with Gasteiger partial charge in [-0.3, -0.25) is 20.4 Å². The van der Waals surface area contributed by atoms with Crippen LogP contribution in [0.3, 0.4) is 0 Å². The third-order valence-electron chi connectivity index (χ3n) is 5.65. The first-order valence-corrected chi connectivity index (χ1v) is 11.3. The fraction of sp³-hybridized carbons (Fsp3) is 0.292. The number of para-hydroxylation sites is 1. The Morgan fingerprint density at radius 2 is 1.79 bits per heavy atom. The van der Waals surface area contributed by atoms with Crippen LogP contribution in [0.2, 0.25) is 0 Å². The largest absolute Gasteiger partial charge is 0.376 e. The summed E-state index contributed by atoms with van der Waals surface area (Å²) in [4.78, 5) is 33.7. The molecular weight excluding hydrogens is 434 g/mol. The lowest BCUT2D eigenvalue weighted by Crippen LogP contribution is -2.34. The molecule has 0 aliphatic carbocycles. The number of aromatic nitrogens is 4. The van der Waals surface area contributed by atoms with E-state index in [0.29, 0.717) is 29.5 Å². The van der Waals surface area contributed by atoms with Crippen LogP contribution in [0.4, 0.5) is 5.95 Å². The Labute approximate surface area is 195 Å². The fourth-order valence-electron chi connectivity index (χ4n) is 3.88. The lowest BCUT2D eigenvalue weighted by Gasteiger charge is -2.11. The van der Waals surface area contributed by atoms with Crippen molar-refractivity contribution in [3.8, 4) is 11.4 Å². The van der Waals surface area contributed by atoms with Gasteiger partial charge < -0.3 is 10.1 Å². The van der Waals surface area contributed by atoms with Crippen LogP contribution in [0.15, 0.2) is 54.6 Å². The molecule has 174 valence electrons. The highest BCUT2D eigenvalue weighted by Gasteiger charge is 2.17. The summed E-state index contributed by atoms with van der Waals surface area (Å²) in [6.07, 6.45) is 2.16. The second kappa shape index (κ2) is 9.84. The Morgan fingerprint density at radius 1 is 1.00 bits per heavy atom. The average Bonchev–Trinajstić information content (AvgIpc) is 3.56. The maximum atomic E-state index is 12.4. The SMILES string of the molecule is O=C(CCC(=O)NNc1nc2ccccc2c2nc(-c3ccccc3)nn12)NC[C@@H]1CCCO1. The van der Waals surface area contributed by atoms with Crippen molar-refractivity contribution in [2.75, 3.05) is 18.6 Å². The summed E-state index contributed by atoms with van der Waals surface area (Å²) in [7, 11) is 0. The third-order valence-corrected chi connectivity index (χ3v) is 5.65. The fourth-order valence-corrected chi connectivity index (χ4v) is 3.88. The van der Waals surface area contributed by atoms with Crippen molar-refractivity contribution >= 4 is 34.3 Å². The first-order valence-electron chi connectivity index (χ1n) is 11.3. The van der Waals surface area contributed by atoms with Crippen molar-refractivity contribution in [2.45, 2.75) is 31.8 Å². The molecule has 0 radical (unpaired) electrons. The minimum atomic E-state index is -0.334. The third kappa shape index (κ3) is 4.81. The maximum Gasteiger partial charge on any atom is 0.245 e. The van der Waals surface area contributed by atoms with Gasteiger partial charge in [0.15, 0.2) is 11.5 Å². The van der Waals surface area contributed by atoms with E-state index >= 15 is 0 Å². The standard InChI is InChI=1S/C24H25N7O3/c32-20(25-15-17-9-6-14-34-17)12-13-21(33)28-29-24-26-19-11-5-4-10-18(19)23-27-22(30-31(23)24)16-7-2-1-3-8-16/h1-5,7-8,10-11,17H,6,9,12-15H2,(H,25,32)(H,26,29)(H,28,33)/t17-/m0/s1. The lowest BCUT2D eigenvalue weighted by molar-refractivity contribution is -0.126. The van der Waals surface area contributed by atoms with E-state index in [9.17, 15) is 9.59 Å². The van der Waals surface area contributed by atoms with Crippen LogP contribution < -0.4 is 16.2 Å². The van der Waals surface area contributed by atoms with Crippen LogP contribution in [-0.2, 0) is 14.3 Å². The number of fused-ring (bicyclic) bond motifs is 3. The van der Waals surface area contributed by atoms with Gasteiger partial charge in [0.05, 0.1) is 11.6 Å². The molecule has 0 unspecified atom stereocenters. The van der Waals surface area contributed by atoms with E-state index in [0.717, 1.165) is 30.4 Å². The predicted molar refractivity (Wildman–Crippen MR) is 127 cm³/mol. The molecule has 34 heavy (non-hydrogen) atoms. The number of carbonyl (C=O) groups is 2. The smallest absolute Gasteiger partial charge is 0.245 e. The Kier molecular flexibility index (Phi) is 6.30. The summed E-state index contributed by atoms with van der Waals surface area (Å²) in [6, 6.07) is 17.3. The second-order valence-corrected chi connectivity index (χ2v) is 8.10. The molecule has 1 aliphatic rings. The highest BCUT2D eigenvalue weighted by Crippen LogP contribution is 2.23. The molecular formula is C24H25N7O3.